The van der Waals surface area contributed by atoms with Gasteiger partial charge in [0.15, 0.2) is 0 Å². The second kappa shape index (κ2) is 4.36. The van der Waals surface area contributed by atoms with Crippen molar-refractivity contribution in [3.63, 3.8) is 0 Å². The minimum atomic E-state index is -0.272. The van der Waals surface area contributed by atoms with Gasteiger partial charge in [0.25, 0.3) is 0 Å². The number of nitrogens with one attached hydrogen (secondary N) is 2. The van der Waals surface area contributed by atoms with Crippen LogP contribution in [-0.2, 0) is 4.79 Å². The van der Waals surface area contributed by atoms with Crippen LogP contribution in [0.2, 0.25) is 0 Å². The summed E-state index contributed by atoms with van der Waals surface area (Å²) in [6.07, 6.45) is 7.79. The van der Waals surface area contributed by atoms with Crippen LogP contribution in [0.4, 0.5) is 0 Å². The number of amides is 1. The van der Waals surface area contributed by atoms with E-state index in [-0.39, 0.29) is 17.0 Å². The summed E-state index contributed by atoms with van der Waals surface area (Å²) in [5.74, 6) is 0.233. The molecule has 2 N–H and O–H groups in total. The molecule has 1 saturated carbocycles. The third kappa shape index (κ3) is 2.10. The Bertz CT molecular complexity index is 263. The van der Waals surface area contributed by atoms with E-state index < -0.39 is 0 Å². The quantitative estimate of drug-likeness (QED) is 0.769. The lowest BCUT2D eigenvalue weighted by Crippen LogP contribution is -2.58. The Labute approximate surface area is 98.4 Å². The van der Waals surface area contributed by atoms with Crippen molar-refractivity contribution in [3.05, 3.63) is 0 Å². The predicted molar refractivity (Wildman–Crippen MR) is 65.3 cm³/mol. The van der Waals surface area contributed by atoms with Crippen LogP contribution < -0.4 is 10.6 Å². The lowest BCUT2D eigenvalue weighted by molar-refractivity contribution is -0.129. The number of rotatable bonds is 3. The largest absolute Gasteiger partial charge is 0.349 e. The number of carbonyl (C=O) groups is 1. The summed E-state index contributed by atoms with van der Waals surface area (Å²) in [6.45, 7) is 5.28. The van der Waals surface area contributed by atoms with Crippen molar-refractivity contribution in [2.24, 2.45) is 0 Å². The van der Waals surface area contributed by atoms with E-state index >= 15 is 0 Å². The van der Waals surface area contributed by atoms with E-state index in [0.717, 1.165) is 38.6 Å². The molecule has 1 atom stereocenters. The van der Waals surface area contributed by atoms with Crippen molar-refractivity contribution in [1.82, 2.24) is 10.6 Å². The van der Waals surface area contributed by atoms with Crippen molar-refractivity contribution >= 4 is 5.91 Å². The van der Waals surface area contributed by atoms with Crippen molar-refractivity contribution in [2.75, 3.05) is 6.54 Å². The lowest BCUT2D eigenvalue weighted by Gasteiger charge is -2.33. The van der Waals surface area contributed by atoms with E-state index in [1.54, 1.807) is 0 Å². The second-order valence-electron chi connectivity index (χ2n) is 5.69. The van der Waals surface area contributed by atoms with Gasteiger partial charge in [-0.1, -0.05) is 19.8 Å². The van der Waals surface area contributed by atoms with Gasteiger partial charge in [-0.15, -0.1) is 0 Å². The van der Waals surface area contributed by atoms with Gasteiger partial charge in [0.2, 0.25) is 5.91 Å². The zero-order chi connectivity index (χ0) is 11.6. The van der Waals surface area contributed by atoms with Crippen molar-refractivity contribution < 1.29 is 4.79 Å². The second-order valence-corrected chi connectivity index (χ2v) is 5.69. The molecule has 0 aromatic heterocycles. The summed E-state index contributed by atoms with van der Waals surface area (Å²) in [5.41, 5.74) is -0.213. The highest BCUT2D eigenvalue weighted by Crippen LogP contribution is 2.31. The summed E-state index contributed by atoms with van der Waals surface area (Å²) in [7, 11) is 0. The Kier molecular flexibility index (Phi) is 3.24. The maximum absolute atomic E-state index is 12.4. The van der Waals surface area contributed by atoms with Crippen molar-refractivity contribution in [1.29, 1.82) is 0 Å². The number of hydrogen-bond donors (Lipinski definition) is 2. The molecule has 1 aliphatic heterocycles. The fourth-order valence-corrected chi connectivity index (χ4v) is 3.14. The molecule has 3 nitrogen and oxygen atoms in total. The molecule has 1 saturated heterocycles. The van der Waals surface area contributed by atoms with Gasteiger partial charge in [-0.05, 0) is 45.6 Å². The average Bonchev–Trinajstić information content (AvgIpc) is 2.87. The Morgan fingerprint density at radius 3 is 2.44 bits per heavy atom. The molecule has 0 radical (unpaired) electrons. The zero-order valence-electron chi connectivity index (χ0n) is 10.6. The van der Waals surface area contributed by atoms with Crippen LogP contribution in [0.3, 0.4) is 0 Å². The summed E-state index contributed by atoms with van der Waals surface area (Å²) in [4.78, 5) is 12.4. The third-order valence-corrected chi connectivity index (χ3v) is 4.40. The van der Waals surface area contributed by atoms with E-state index in [9.17, 15) is 4.79 Å². The summed E-state index contributed by atoms with van der Waals surface area (Å²) in [6, 6.07) is 0. The topological polar surface area (TPSA) is 41.1 Å². The van der Waals surface area contributed by atoms with E-state index in [1.165, 1.54) is 12.8 Å². The molecule has 1 aliphatic carbocycles. The van der Waals surface area contributed by atoms with Crippen LogP contribution >= 0.6 is 0 Å². The van der Waals surface area contributed by atoms with Gasteiger partial charge in [-0.25, -0.2) is 0 Å². The minimum Gasteiger partial charge on any atom is -0.349 e. The molecule has 0 aromatic carbocycles. The van der Waals surface area contributed by atoms with Crippen LogP contribution in [0.15, 0.2) is 0 Å². The summed E-state index contributed by atoms with van der Waals surface area (Å²) >= 11 is 0. The van der Waals surface area contributed by atoms with Crippen LogP contribution in [0.25, 0.3) is 0 Å². The molecule has 2 rings (SSSR count). The Morgan fingerprint density at radius 1 is 1.25 bits per heavy atom. The molecular formula is C13H24N2O. The van der Waals surface area contributed by atoms with Crippen molar-refractivity contribution in [3.8, 4) is 0 Å². The highest BCUT2D eigenvalue weighted by Gasteiger charge is 2.42. The molecule has 0 spiro atoms. The van der Waals surface area contributed by atoms with Gasteiger partial charge in [0.05, 0.1) is 5.54 Å². The van der Waals surface area contributed by atoms with Crippen LogP contribution in [0, 0.1) is 0 Å². The van der Waals surface area contributed by atoms with E-state index in [0.29, 0.717) is 0 Å². The highest BCUT2D eigenvalue weighted by atomic mass is 16.2. The molecule has 0 aromatic rings. The molecule has 0 bridgehead atoms. The van der Waals surface area contributed by atoms with E-state index in [2.05, 4.69) is 24.5 Å². The highest BCUT2D eigenvalue weighted by molar-refractivity contribution is 5.87. The van der Waals surface area contributed by atoms with Crippen molar-refractivity contribution in [2.45, 2.75) is 69.9 Å². The number of carbonyl (C=O) groups excluding carboxylic acids is 1. The van der Waals surface area contributed by atoms with Gasteiger partial charge >= 0.3 is 0 Å². The Hall–Kier alpha value is -0.570. The lowest BCUT2D eigenvalue weighted by atomic mass is 9.90. The molecular weight excluding hydrogens is 200 g/mol. The summed E-state index contributed by atoms with van der Waals surface area (Å²) in [5, 5.41) is 6.69. The van der Waals surface area contributed by atoms with Crippen LogP contribution in [-0.4, -0.2) is 23.5 Å². The molecule has 3 heteroatoms. The maximum Gasteiger partial charge on any atom is 0.240 e. The monoisotopic (exact) mass is 224 g/mol. The smallest absolute Gasteiger partial charge is 0.240 e. The van der Waals surface area contributed by atoms with Gasteiger partial charge in [0, 0.05) is 5.54 Å². The fraction of sp³-hybridized carbons (Fsp3) is 0.923. The van der Waals surface area contributed by atoms with Gasteiger partial charge in [-0.3, -0.25) is 4.79 Å². The molecule has 92 valence electrons. The molecule has 2 fully saturated rings. The maximum atomic E-state index is 12.4. The van der Waals surface area contributed by atoms with E-state index in [1.807, 2.05) is 0 Å². The summed E-state index contributed by atoms with van der Waals surface area (Å²) < 4.78 is 0. The Balaban J connectivity index is 2.01. The molecule has 2 aliphatic rings. The molecule has 1 unspecified atom stereocenters. The van der Waals surface area contributed by atoms with E-state index in [4.69, 9.17) is 0 Å². The molecule has 1 heterocycles. The molecule has 1 amide bonds. The van der Waals surface area contributed by atoms with Gasteiger partial charge in [0.1, 0.15) is 0 Å². The third-order valence-electron chi connectivity index (χ3n) is 4.40. The molecule has 16 heavy (non-hydrogen) atoms. The standard InChI is InChI=1S/C13H24N2O/c1-3-13(9-6-10-14-13)11(16)15-12(2)7-4-5-8-12/h14H,3-10H2,1-2H3,(H,15,16). The minimum absolute atomic E-state index is 0.0591. The first-order valence-electron chi connectivity index (χ1n) is 6.68. The fourth-order valence-electron chi connectivity index (χ4n) is 3.14. The van der Waals surface area contributed by atoms with Crippen LogP contribution in [0.5, 0.6) is 0 Å². The van der Waals surface area contributed by atoms with Gasteiger partial charge < -0.3 is 10.6 Å². The first-order chi connectivity index (χ1) is 7.60. The predicted octanol–water partition coefficient (Wildman–Crippen LogP) is 1.97. The first-order valence-corrected chi connectivity index (χ1v) is 6.68. The normalized spacial score (nSPS) is 32.9. The number of hydrogen-bond acceptors (Lipinski definition) is 2. The average molecular weight is 224 g/mol. The first kappa shape index (κ1) is 11.9. The zero-order valence-corrected chi connectivity index (χ0v) is 10.6. The van der Waals surface area contributed by atoms with Crippen LogP contribution in [0.1, 0.15) is 58.8 Å². The Morgan fingerprint density at radius 2 is 1.94 bits per heavy atom. The van der Waals surface area contributed by atoms with Gasteiger partial charge in [-0.2, -0.15) is 0 Å². The SMILES string of the molecule is CCC1(C(=O)NC2(C)CCCC2)CCCN1.